The van der Waals surface area contributed by atoms with Gasteiger partial charge < -0.3 is 19.9 Å². The molecule has 1 heterocycles. The highest BCUT2D eigenvalue weighted by Gasteiger charge is 2.44. The summed E-state index contributed by atoms with van der Waals surface area (Å²) in [5.74, 6) is -3.67. The van der Waals surface area contributed by atoms with E-state index in [-0.39, 0.29) is 33.9 Å². The molecule has 37 heavy (non-hydrogen) atoms. The van der Waals surface area contributed by atoms with Crippen molar-refractivity contribution >= 4 is 39.5 Å². The monoisotopic (exact) mass is 567 g/mol. The fourth-order valence-electron chi connectivity index (χ4n) is 3.96. The van der Waals surface area contributed by atoms with Crippen molar-refractivity contribution in [2.45, 2.75) is 32.3 Å². The van der Waals surface area contributed by atoms with Crippen LogP contribution in [0.5, 0.6) is 0 Å². The predicted molar refractivity (Wildman–Crippen MR) is 139 cm³/mol. The maximum Gasteiger partial charge on any atom is 0.355 e. The number of ether oxygens (including phenoxy) is 3. The first-order chi connectivity index (χ1) is 17.4. The van der Waals surface area contributed by atoms with E-state index in [2.05, 4.69) is 22.0 Å². The van der Waals surface area contributed by atoms with Gasteiger partial charge >= 0.3 is 17.9 Å². The molecule has 1 unspecified atom stereocenters. The second kappa shape index (κ2) is 10.9. The van der Waals surface area contributed by atoms with Crippen LogP contribution in [0.15, 0.2) is 75.7 Å². The molecule has 0 aromatic heterocycles. The number of hydrogen-bond donors (Lipinski definition) is 1. The van der Waals surface area contributed by atoms with Crippen LogP contribution in [0.3, 0.4) is 0 Å². The molecule has 0 amide bonds. The highest BCUT2D eigenvalue weighted by atomic mass is 79.9. The van der Waals surface area contributed by atoms with Crippen LogP contribution < -0.4 is 10.6 Å². The summed E-state index contributed by atoms with van der Waals surface area (Å²) < 4.78 is 16.2. The van der Waals surface area contributed by atoms with Gasteiger partial charge in [0.25, 0.3) is 0 Å². The third-order valence-corrected chi connectivity index (χ3v) is 5.92. The molecule has 0 bridgehead atoms. The molecule has 192 valence electrons. The number of carbonyl (C=O) groups is 3. The number of hydrogen-bond acceptors (Lipinski definition) is 9. The Balaban J connectivity index is 2.43. The molecule has 2 aromatic rings. The van der Waals surface area contributed by atoms with E-state index in [1.54, 1.807) is 57.2 Å². The molecule has 0 fully saturated rings. The van der Waals surface area contributed by atoms with E-state index >= 15 is 0 Å². The summed E-state index contributed by atoms with van der Waals surface area (Å²) in [5, 5.41) is 10.2. The zero-order chi connectivity index (χ0) is 27.5. The first-order valence-electron chi connectivity index (χ1n) is 11.1. The minimum absolute atomic E-state index is 0.0164. The van der Waals surface area contributed by atoms with Gasteiger partial charge in [-0.2, -0.15) is 5.26 Å². The molecular formula is C27H26BrN3O6. The number of carbonyl (C=O) groups excluding carboxylic acids is 3. The van der Waals surface area contributed by atoms with Crippen LogP contribution in [0.25, 0.3) is 0 Å². The third kappa shape index (κ3) is 5.52. The Labute approximate surface area is 223 Å². The Morgan fingerprint density at radius 3 is 2.16 bits per heavy atom. The number of nitriles is 1. The molecule has 0 aliphatic carbocycles. The minimum Gasteiger partial charge on any atom is -0.466 e. The molecule has 0 saturated carbocycles. The van der Waals surface area contributed by atoms with Gasteiger partial charge in [0, 0.05) is 4.47 Å². The van der Waals surface area contributed by atoms with Crippen LogP contribution in [0.1, 0.15) is 42.6 Å². The fraction of sp³-hybridized carbons (Fsp3) is 0.259. The number of halogens is 1. The van der Waals surface area contributed by atoms with E-state index in [0.717, 1.165) is 14.2 Å². The van der Waals surface area contributed by atoms with Crippen molar-refractivity contribution in [2.75, 3.05) is 19.1 Å². The molecule has 0 spiro atoms. The number of nitrogens with two attached hydrogens (primary N) is 1. The van der Waals surface area contributed by atoms with Crippen molar-refractivity contribution in [3.8, 4) is 6.07 Å². The Morgan fingerprint density at radius 1 is 1.00 bits per heavy atom. The summed E-state index contributed by atoms with van der Waals surface area (Å²) in [6.45, 7) is 5.14. The first kappa shape index (κ1) is 27.5. The summed E-state index contributed by atoms with van der Waals surface area (Å²) in [7, 11) is 2.31. The number of methoxy groups -OCH3 is 2. The molecule has 0 saturated heterocycles. The van der Waals surface area contributed by atoms with Gasteiger partial charge in [0.2, 0.25) is 0 Å². The van der Waals surface area contributed by atoms with E-state index < -0.39 is 29.4 Å². The van der Waals surface area contributed by atoms with E-state index in [1.165, 1.54) is 17.0 Å². The Kier molecular flexibility index (Phi) is 8.09. The second-order valence-electron chi connectivity index (χ2n) is 9.00. The SMILES string of the molecule is COC(=O)C1=C(C(=O)OC)N(c2ccc(Br)cc2C(=O)OC(C)(C)C)C(N)=C(C#N)C1c1ccccc1. The molecule has 1 aliphatic heterocycles. The third-order valence-electron chi connectivity index (χ3n) is 5.43. The lowest BCUT2D eigenvalue weighted by atomic mass is 9.80. The Bertz CT molecular complexity index is 1350. The Hall–Kier alpha value is -4.10. The number of rotatable bonds is 5. The van der Waals surface area contributed by atoms with Crippen LogP contribution in [-0.4, -0.2) is 37.7 Å². The maximum atomic E-state index is 13.3. The van der Waals surface area contributed by atoms with E-state index in [0.29, 0.717) is 10.0 Å². The van der Waals surface area contributed by atoms with Crippen molar-refractivity contribution in [1.29, 1.82) is 5.26 Å². The quantitative estimate of drug-likeness (QED) is 0.414. The molecule has 0 radical (unpaired) electrons. The highest BCUT2D eigenvalue weighted by molar-refractivity contribution is 9.10. The number of allylic oxidation sites excluding steroid dienone is 1. The lowest BCUT2D eigenvalue weighted by molar-refractivity contribution is -0.139. The first-order valence-corrected chi connectivity index (χ1v) is 11.9. The number of anilines is 1. The van der Waals surface area contributed by atoms with Crippen LogP contribution in [0, 0.1) is 11.3 Å². The maximum absolute atomic E-state index is 13.3. The van der Waals surface area contributed by atoms with Crippen LogP contribution in [0.2, 0.25) is 0 Å². The van der Waals surface area contributed by atoms with Gasteiger partial charge in [-0.25, -0.2) is 14.4 Å². The van der Waals surface area contributed by atoms with Crippen molar-refractivity contribution < 1.29 is 28.6 Å². The highest BCUT2D eigenvalue weighted by Crippen LogP contribution is 2.44. The normalized spacial score (nSPS) is 15.7. The van der Waals surface area contributed by atoms with Crippen molar-refractivity contribution in [1.82, 2.24) is 0 Å². The summed E-state index contributed by atoms with van der Waals surface area (Å²) in [6, 6.07) is 15.4. The number of nitrogens with zero attached hydrogens (tertiary/aromatic N) is 2. The van der Waals surface area contributed by atoms with Crippen LogP contribution in [0.4, 0.5) is 5.69 Å². The zero-order valence-corrected chi connectivity index (χ0v) is 22.6. The average Bonchev–Trinajstić information content (AvgIpc) is 2.86. The molecule has 1 aliphatic rings. The topological polar surface area (TPSA) is 132 Å². The molecular weight excluding hydrogens is 542 g/mol. The van der Waals surface area contributed by atoms with Gasteiger partial charge in [0.05, 0.1) is 48.6 Å². The average molecular weight is 568 g/mol. The van der Waals surface area contributed by atoms with Crippen molar-refractivity contribution in [3.05, 3.63) is 86.8 Å². The lowest BCUT2D eigenvalue weighted by Crippen LogP contribution is -2.41. The summed E-state index contributed by atoms with van der Waals surface area (Å²) in [5.41, 5.74) is 5.93. The van der Waals surface area contributed by atoms with Crippen LogP contribution in [-0.2, 0) is 23.8 Å². The van der Waals surface area contributed by atoms with Crippen LogP contribution >= 0.6 is 15.9 Å². The molecule has 3 rings (SSSR count). The van der Waals surface area contributed by atoms with Gasteiger partial charge in [0.15, 0.2) is 0 Å². The van der Waals surface area contributed by atoms with Gasteiger partial charge in [-0.05, 0) is 44.5 Å². The van der Waals surface area contributed by atoms with E-state index in [9.17, 15) is 19.6 Å². The van der Waals surface area contributed by atoms with Gasteiger partial charge in [0.1, 0.15) is 17.1 Å². The number of esters is 3. The Morgan fingerprint density at radius 2 is 1.62 bits per heavy atom. The smallest absolute Gasteiger partial charge is 0.355 e. The molecule has 1 atom stereocenters. The predicted octanol–water partition coefficient (Wildman–Crippen LogP) is 4.30. The molecule has 10 heteroatoms. The van der Waals surface area contributed by atoms with Crippen molar-refractivity contribution in [3.63, 3.8) is 0 Å². The largest absolute Gasteiger partial charge is 0.466 e. The van der Waals surface area contributed by atoms with Gasteiger partial charge in [-0.1, -0.05) is 46.3 Å². The van der Waals surface area contributed by atoms with E-state index in [1.807, 2.05) is 0 Å². The summed E-state index contributed by atoms with van der Waals surface area (Å²) in [4.78, 5) is 40.9. The van der Waals surface area contributed by atoms with Crippen molar-refractivity contribution in [2.24, 2.45) is 5.73 Å². The van der Waals surface area contributed by atoms with Gasteiger partial charge in [-0.3, -0.25) is 4.90 Å². The summed E-state index contributed by atoms with van der Waals surface area (Å²) in [6.07, 6.45) is 0. The van der Waals surface area contributed by atoms with Gasteiger partial charge in [-0.15, -0.1) is 0 Å². The second-order valence-corrected chi connectivity index (χ2v) is 9.91. The molecule has 2 aromatic carbocycles. The number of benzene rings is 2. The standard InChI is InChI=1S/C27H26BrN3O6/c1-27(2,3)37-24(32)17-13-16(28)11-12-19(17)31-22(26(34)36-5)21(25(33)35-4)20(18(14-29)23(31)30)15-9-7-6-8-10-15/h6-13,20H,30H2,1-5H3. The molecule has 9 nitrogen and oxygen atoms in total. The molecule has 2 N–H and O–H groups in total. The minimum atomic E-state index is -1.02. The summed E-state index contributed by atoms with van der Waals surface area (Å²) >= 11 is 3.35. The lowest BCUT2D eigenvalue weighted by Gasteiger charge is -2.36. The zero-order valence-electron chi connectivity index (χ0n) is 21.0. The fourth-order valence-corrected chi connectivity index (χ4v) is 4.32. The van der Waals surface area contributed by atoms with E-state index in [4.69, 9.17) is 19.9 Å².